The fourth-order valence-corrected chi connectivity index (χ4v) is 3.90. The quantitative estimate of drug-likeness (QED) is 0.839. The lowest BCUT2D eigenvalue weighted by molar-refractivity contribution is -0.141. The summed E-state index contributed by atoms with van der Waals surface area (Å²) in [5, 5.41) is 9.93. The van der Waals surface area contributed by atoms with Crippen LogP contribution in [0.5, 0.6) is 0 Å². The van der Waals surface area contributed by atoms with Crippen LogP contribution >= 0.6 is 0 Å². The summed E-state index contributed by atoms with van der Waals surface area (Å²) in [7, 11) is 0. The van der Waals surface area contributed by atoms with Crippen LogP contribution in [0.1, 0.15) is 49.0 Å². The van der Waals surface area contributed by atoms with Crippen molar-refractivity contribution in [1.29, 1.82) is 0 Å². The lowest BCUT2D eigenvalue weighted by atomic mass is 9.95. The molecule has 0 aromatic heterocycles. The molecular formula is C22H32N2O4. The molecule has 1 unspecified atom stereocenters. The smallest absolute Gasteiger partial charge is 0.253 e. The largest absolute Gasteiger partial charge is 0.390 e. The number of morpholine rings is 1. The van der Waals surface area contributed by atoms with Crippen molar-refractivity contribution >= 4 is 11.8 Å². The second-order valence-corrected chi connectivity index (χ2v) is 8.54. The van der Waals surface area contributed by atoms with Gasteiger partial charge in [0.2, 0.25) is 5.91 Å². The average Bonchev–Trinajstić information content (AvgIpc) is 2.71. The molecule has 2 aliphatic heterocycles. The minimum absolute atomic E-state index is 0.00964. The van der Waals surface area contributed by atoms with Gasteiger partial charge in [-0.05, 0) is 57.2 Å². The zero-order valence-corrected chi connectivity index (χ0v) is 17.0. The van der Waals surface area contributed by atoms with Crippen molar-refractivity contribution in [2.45, 2.75) is 45.1 Å². The Bertz CT molecular complexity index is 692. The van der Waals surface area contributed by atoms with E-state index < -0.39 is 5.60 Å². The monoisotopic (exact) mass is 388 g/mol. The third-order valence-corrected chi connectivity index (χ3v) is 5.58. The minimum atomic E-state index is -0.722. The third-order valence-electron chi connectivity index (χ3n) is 5.58. The second-order valence-electron chi connectivity index (χ2n) is 8.54. The topological polar surface area (TPSA) is 70.1 Å². The molecule has 28 heavy (non-hydrogen) atoms. The van der Waals surface area contributed by atoms with Crippen molar-refractivity contribution in [3.8, 4) is 0 Å². The van der Waals surface area contributed by atoms with Crippen LogP contribution in [0, 0.1) is 5.92 Å². The number of carbonyl (C=O) groups excluding carboxylic acids is 2. The first-order valence-electron chi connectivity index (χ1n) is 10.3. The Kier molecular flexibility index (Phi) is 6.73. The maximum absolute atomic E-state index is 13.0. The predicted octanol–water partition coefficient (Wildman–Crippen LogP) is 2.10. The molecule has 6 heteroatoms. The molecule has 3 rings (SSSR count). The van der Waals surface area contributed by atoms with Crippen LogP contribution in [-0.2, 0) is 16.0 Å². The normalized spacial score (nSPS) is 20.9. The van der Waals surface area contributed by atoms with E-state index in [-0.39, 0.29) is 17.7 Å². The summed E-state index contributed by atoms with van der Waals surface area (Å²) in [5.74, 6) is 0.0264. The molecule has 0 saturated carbocycles. The number of hydrogen-bond donors (Lipinski definition) is 1. The number of aliphatic hydroxyl groups is 1. The number of likely N-dealkylation sites (tertiary alicyclic amines) is 1. The number of ether oxygens (including phenoxy) is 1. The Hall–Kier alpha value is -1.92. The summed E-state index contributed by atoms with van der Waals surface area (Å²) in [4.78, 5) is 29.5. The van der Waals surface area contributed by atoms with Gasteiger partial charge >= 0.3 is 0 Å². The van der Waals surface area contributed by atoms with Crippen molar-refractivity contribution in [3.05, 3.63) is 35.4 Å². The minimum Gasteiger partial charge on any atom is -0.390 e. The van der Waals surface area contributed by atoms with E-state index in [2.05, 4.69) is 0 Å². The Morgan fingerprint density at radius 3 is 2.64 bits per heavy atom. The highest BCUT2D eigenvalue weighted by Gasteiger charge is 2.32. The first kappa shape index (κ1) is 20.8. The Labute approximate surface area is 167 Å². The summed E-state index contributed by atoms with van der Waals surface area (Å²) < 4.78 is 5.33. The molecule has 154 valence electrons. The molecule has 2 amide bonds. The van der Waals surface area contributed by atoms with Crippen LogP contribution in [0.15, 0.2) is 24.3 Å². The number of nitrogens with zero attached hydrogens (tertiary/aromatic N) is 2. The van der Waals surface area contributed by atoms with Crippen LogP contribution < -0.4 is 0 Å². The van der Waals surface area contributed by atoms with Gasteiger partial charge in [-0.25, -0.2) is 0 Å². The van der Waals surface area contributed by atoms with E-state index in [9.17, 15) is 14.7 Å². The van der Waals surface area contributed by atoms with E-state index in [1.807, 2.05) is 34.1 Å². The summed E-state index contributed by atoms with van der Waals surface area (Å²) >= 11 is 0. The van der Waals surface area contributed by atoms with Gasteiger partial charge in [-0.2, -0.15) is 0 Å². The maximum atomic E-state index is 13.0. The highest BCUT2D eigenvalue weighted by Crippen LogP contribution is 2.22. The number of aryl methyl sites for hydroxylation is 1. The Morgan fingerprint density at radius 1 is 1.18 bits per heavy atom. The van der Waals surface area contributed by atoms with Crippen molar-refractivity contribution < 1.29 is 19.4 Å². The van der Waals surface area contributed by atoms with Crippen LogP contribution in [0.25, 0.3) is 0 Å². The SMILES string of the molecule is CC(C)(O)CCc1cccc(C(=O)N2CCCC(C(=O)N3CCOCC3)C2)c1. The molecule has 1 aromatic carbocycles. The number of carbonyl (C=O) groups is 2. The third kappa shape index (κ3) is 5.55. The lowest BCUT2D eigenvalue weighted by Gasteiger charge is -2.36. The van der Waals surface area contributed by atoms with Crippen molar-refractivity contribution in [1.82, 2.24) is 9.80 Å². The maximum Gasteiger partial charge on any atom is 0.253 e. The molecule has 2 saturated heterocycles. The van der Waals surface area contributed by atoms with Gasteiger partial charge in [-0.1, -0.05) is 12.1 Å². The highest BCUT2D eigenvalue weighted by atomic mass is 16.5. The van der Waals surface area contributed by atoms with Gasteiger partial charge in [0.1, 0.15) is 0 Å². The van der Waals surface area contributed by atoms with Crippen molar-refractivity contribution in [2.24, 2.45) is 5.92 Å². The van der Waals surface area contributed by atoms with E-state index in [0.29, 0.717) is 51.4 Å². The fourth-order valence-electron chi connectivity index (χ4n) is 3.90. The van der Waals surface area contributed by atoms with E-state index in [1.54, 1.807) is 13.8 Å². The standard InChI is InChI=1S/C22H32N2O4/c1-22(2,27)9-8-17-5-3-6-18(15-17)20(25)24-10-4-7-19(16-24)21(26)23-11-13-28-14-12-23/h3,5-6,15,19,27H,4,7-14,16H2,1-2H3. The molecule has 0 spiro atoms. The number of rotatable bonds is 5. The zero-order valence-electron chi connectivity index (χ0n) is 17.0. The predicted molar refractivity (Wildman–Crippen MR) is 107 cm³/mol. The van der Waals surface area contributed by atoms with Gasteiger partial charge < -0.3 is 19.6 Å². The number of benzene rings is 1. The second kappa shape index (κ2) is 9.05. The summed E-state index contributed by atoms with van der Waals surface area (Å²) in [6.07, 6.45) is 3.06. The highest BCUT2D eigenvalue weighted by molar-refractivity contribution is 5.95. The van der Waals surface area contributed by atoms with E-state index in [1.165, 1.54) is 0 Å². The molecule has 0 bridgehead atoms. The molecule has 2 fully saturated rings. The van der Waals surface area contributed by atoms with Gasteiger partial charge in [0, 0.05) is 31.7 Å². The summed E-state index contributed by atoms with van der Waals surface area (Å²) in [5.41, 5.74) is 0.985. The fraction of sp³-hybridized carbons (Fsp3) is 0.636. The van der Waals surface area contributed by atoms with Crippen LogP contribution in [0.2, 0.25) is 0 Å². The lowest BCUT2D eigenvalue weighted by Crippen LogP contribution is -2.49. The molecule has 0 aliphatic carbocycles. The molecule has 1 atom stereocenters. The van der Waals surface area contributed by atoms with Gasteiger partial charge in [0.15, 0.2) is 0 Å². The van der Waals surface area contributed by atoms with E-state index in [4.69, 9.17) is 4.74 Å². The molecule has 2 aliphatic rings. The zero-order chi connectivity index (χ0) is 20.1. The number of hydrogen-bond acceptors (Lipinski definition) is 4. The van der Waals surface area contributed by atoms with Gasteiger partial charge in [-0.15, -0.1) is 0 Å². The Balaban J connectivity index is 1.62. The molecule has 1 N–H and O–H groups in total. The van der Waals surface area contributed by atoms with Crippen molar-refractivity contribution in [2.75, 3.05) is 39.4 Å². The molecule has 1 aromatic rings. The Morgan fingerprint density at radius 2 is 1.93 bits per heavy atom. The molecular weight excluding hydrogens is 356 g/mol. The van der Waals surface area contributed by atoms with Crippen molar-refractivity contribution in [3.63, 3.8) is 0 Å². The number of amides is 2. The van der Waals surface area contributed by atoms with E-state index in [0.717, 1.165) is 24.8 Å². The first-order chi connectivity index (χ1) is 13.3. The summed E-state index contributed by atoms with van der Waals surface area (Å²) in [6.45, 7) is 7.25. The van der Waals surface area contributed by atoms with Gasteiger partial charge in [-0.3, -0.25) is 9.59 Å². The molecule has 2 heterocycles. The van der Waals surface area contributed by atoms with Crippen LogP contribution in [0.3, 0.4) is 0 Å². The van der Waals surface area contributed by atoms with E-state index >= 15 is 0 Å². The van der Waals surface area contributed by atoms with Gasteiger partial charge in [0.05, 0.1) is 24.7 Å². The molecule has 0 radical (unpaired) electrons. The van der Waals surface area contributed by atoms with Crippen LogP contribution in [-0.4, -0.2) is 71.7 Å². The number of piperidine rings is 1. The van der Waals surface area contributed by atoms with Gasteiger partial charge in [0.25, 0.3) is 5.91 Å². The van der Waals surface area contributed by atoms with Crippen LogP contribution in [0.4, 0.5) is 0 Å². The molecule has 6 nitrogen and oxygen atoms in total. The summed E-state index contributed by atoms with van der Waals surface area (Å²) in [6, 6.07) is 7.64. The average molecular weight is 389 g/mol. The first-order valence-corrected chi connectivity index (χ1v) is 10.3.